The van der Waals surface area contributed by atoms with Crippen molar-refractivity contribution in [3.05, 3.63) is 16.7 Å². The van der Waals surface area contributed by atoms with Gasteiger partial charge in [-0.1, -0.05) is 0 Å². The van der Waals surface area contributed by atoms with Crippen LogP contribution in [0.4, 0.5) is 5.95 Å². The van der Waals surface area contributed by atoms with Gasteiger partial charge in [0.25, 0.3) is 5.56 Å². The van der Waals surface area contributed by atoms with E-state index < -0.39 is 57.5 Å². The number of phosphoric acid groups is 1. The molecule has 28 heavy (non-hydrogen) atoms. The lowest BCUT2D eigenvalue weighted by Crippen LogP contribution is -2.24. The van der Waals surface area contributed by atoms with Crippen molar-refractivity contribution in [1.82, 2.24) is 19.5 Å². The van der Waals surface area contributed by atoms with Crippen LogP contribution in [-0.4, -0.2) is 50.6 Å². The summed E-state index contributed by atoms with van der Waals surface area (Å²) in [6.45, 7) is 2.36. The Morgan fingerprint density at radius 3 is 3.07 bits per heavy atom. The third kappa shape index (κ3) is 5.17. The van der Waals surface area contributed by atoms with E-state index in [-0.39, 0.29) is 17.1 Å². The highest BCUT2D eigenvalue weighted by molar-refractivity contribution is 7.58. The van der Waals surface area contributed by atoms with Crippen LogP contribution >= 0.6 is 33.0 Å². The highest BCUT2D eigenvalue weighted by atomic mass is 31.2. The maximum atomic E-state index is 12.0. The maximum Gasteiger partial charge on any atom is 0.515 e. The number of H-pyrrole nitrogens is 1. The van der Waals surface area contributed by atoms with Crippen LogP contribution < -0.4 is 11.3 Å². The molecular formula is C10H16N5O9P4+. The number of imidazole rings is 1. The van der Waals surface area contributed by atoms with Gasteiger partial charge in [-0.25, -0.2) is 9.55 Å². The molecule has 6 atom stereocenters. The Kier molecular flexibility index (Phi) is 6.89. The first-order valence-corrected chi connectivity index (χ1v) is 13.1. The van der Waals surface area contributed by atoms with Crippen molar-refractivity contribution < 1.29 is 36.4 Å². The van der Waals surface area contributed by atoms with Gasteiger partial charge in [-0.05, 0) is 15.5 Å². The summed E-state index contributed by atoms with van der Waals surface area (Å²) in [5, 5.41) is 0. The van der Waals surface area contributed by atoms with Crippen molar-refractivity contribution in [2.45, 2.75) is 12.3 Å². The summed E-state index contributed by atoms with van der Waals surface area (Å²) >= 11 is 0. The first kappa shape index (κ1) is 21.8. The maximum absolute atomic E-state index is 12.0. The molecule has 14 nitrogen and oxygen atoms in total. The van der Waals surface area contributed by atoms with E-state index in [2.05, 4.69) is 19.3 Å². The van der Waals surface area contributed by atoms with Gasteiger partial charge in [-0.15, -0.1) is 0 Å². The number of hydrogen-bond acceptors (Lipinski definition) is 11. The van der Waals surface area contributed by atoms with Crippen molar-refractivity contribution in [3.63, 3.8) is 0 Å². The number of rotatable bonds is 6. The SMILES string of the molecule is CP1OPO[C@@H](COP(=O)(O)O[P+](C)=O)O[C@H]1n1cnc2c(=O)[nH]c(N)nc21. The minimum absolute atomic E-state index is 0.0571. The fraction of sp³-hybridized carbons (Fsp3) is 0.500. The van der Waals surface area contributed by atoms with Gasteiger partial charge in [0, 0.05) is 0 Å². The van der Waals surface area contributed by atoms with Gasteiger partial charge in [0.2, 0.25) is 5.95 Å². The topological polar surface area (TPSA) is 190 Å². The largest absolute Gasteiger partial charge is 0.515 e. The van der Waals surface area contributed by atoms with Gasteiger partial charge >= 0.3 is 15.9 Å². The molecule has 0 spiro atoms. The average molecular weight is 474 g/mol. The predicted molar refractivity (Wildman–Crippen MR) is 100 cm³/mol. The number of nitrogens with zero attached hydrogens (tertiary/aromatic N) is 3. The molecule has 3 heterocycles. The number of fused-ring (bicyclic) bond motifs is 1. The average Bonchev–Trinajstić information content (AvgIpc) is 2.90. The standard InChI is InChI=1S/C10H15N5O9P4/c1-26-10(15-4-12-6-7(15)13-9(11)14-8(6)16)21-5(22-25-23-26)3-20-28(18,19)24-27(2)17/h4-5,10,25H,3H2,1-2H3,(H3-,11,13,14,16,18,19)/p+1/t5-,10+,26?/m0/s1. The number of hydrogen-bond donors (Lipinski definition) is 3. The van der Waals surface area contributed by atoms with Crippen molar-refractivity contribution in [1.29, 1.82) is 0 Å². The van der Waals surface area contributed by atoms with E-state index in [1.807, 2.05) is 0 Å². The van der Waals surface area contributed by atoms with Crippen LogP contribution in [-0.2, 0) is 31.5 Å². The molecule has 0 aliphatic carbocycles. The molecule has 2 aromatic heterocycles. The molecule has 1 saturated heterocycles. The monoisotopic (exact) mass is 474 g/mol. The van der Waals surface area contributed by atoms with Crippen molar-refractivity contribution in [3.8, 4) is 0 Å². The van der Waals surface area contributed by atoms with Crippen LogP contribution in [0.25, 0.3) is 11.2 Å². The third-order valence-corrected chi connectivity index (χ3v) is 8.25. The first-order chi connectivity index (χ1) is 13.2. The molecule has 3 rings (SSSR count). The summed E-state index contributed by atoms with van der Waals surface area (Å²) in [7, 11) is -8.61. The Morgan fingerprint density at radius 2 is 2.36 bits per heavy atom. The molecule has 0 bridgehead atoms. The summed E-state index contributed by atoms with van der Waals surface area (Å²) in [5.41, 5.74) is 5.31. The zero-order valence-electron chi connectivity index (χ0n) is 14.4. The predicted octanol–water partition coefficient (Wildman–Crippen LogP) is 1.59. The van der Waals surface area contributed by atoms with Gasteiger partial charge in [0.05, 0.1) is 14.5 Å². The second-order valence-electron chi connectivity index (χ2n) is 5.29. The van der Waals surface area contributed by atoms with Crippen LogP contribution in [0.3, 0.4) is 0 Å². The van der Waals surface area contributed by atoms with E-state index >= 15 is 0 Å². The van der Waals surface area contributed by atoms with E-state index in [0.29, 0.717) is 0 Å². The number of ether oxygens (including phenoxy) is 1. The molecule has 0 saturated carbocycles. The highest BCUT2D eigenvalue weighted by Crippen LogP contribution is 2.56. The minimum Gasteiger partial charge on any atom is -0.369 e. The van der Waals surface area contributed by atoms with E-state index in [4.69, 9.17) is 23.8 Å². The summed E-state index contributed by atoms with van der Waals surface area (Å²) < 4.78 is 49.9. The second-order valence-corrected chi connectivity index (χ2v) is 10.7. The molecule has 4 N–H and O–H groups in total. The first-order valence-electron chi connectivity index (χ1n) is 7.42. The quantitative estimate of drug-likeness (QED) is 0.513. The minimum atomic E-state index is -4.55. The molecule has 0 amide bonds. The Morgan fingerprint density at radius 1 is 1.61 bits per heavy atom. The van der Waals surface area contributed by atoms with Crippen molar-refractivity contribution in [2.75, 3.05) is 25.7 Å². The molecule has 0 radical (unpaired) electrons. The van der Waals surface area contributed by atoms with Crippen LogP contribution in [0.2, 0.25) is 0 Å². The smallest absolute Gasteiger partial charge is 0.369 e. The van der Waals surface area contributed by atoms with E-state index in [1.165, 1.54) is 10.9 Å². The second kappa shape index (κ2) is 8.85. The van der Waals surface area contributed by atoms with Crippen LogP contribution in [0.5, 0.6) is 0 Å². The van der Waals surface area contributed by atoms with E-state index in [9.17, 15) is 18.8 Å². The van der Waals surface area contributed by atoms with Gasteiger partial charge in [0.1, 0.15) is 6.61 Å². The third-order valence-electron chi connectivity index (χ3n) is 3.23. The number of nitrogens with two attached hydrogens (primary N) is 1. The normalized spacial score (nSPS) is 26.8. The van der Waals surface area contributed by atoms with E-state index in [0.717, 1.165) is 6.66 Å². The number of anilines is 1. The van der Waals surface area contributed by atoms with Gasteiger partial charge < -0.3 is 24.2 Å². The highest BCUT2D eigenvalue weighted by Gasteiger charge is 2.36. The summed E-state index contributed by atoms with van der Waals surface area (Å²) in [6.07, 6.45) is 0.222. The Balaban J connectivity index is 1.82. The molecule has 1 aliphatic heterocycles. The van der Waals surface area contributed by atoms with Crippen molar-refractivity contribution >= 4 is 50.1 Å². The molecule has 4 unspecified atom stereocenters. The Bertz CT molecular complexity index is 982. The van der Waals surface area contributed by atoms with E-state index in [1.54, 1.807) is 6.66 Å². The Labute approximate surface area is 161 Å². The van der Waals surface area contributed by atoms with Crippen LogP contribution in [0, 0.1) is 0 Å². The lowest BCUT2D eigenvalue weighted by molar-refractivity contribution is -0.125. The number of aromatic amines is 1. The summed E-state index contributed by atoms with van der Waals surface area (Å²) in [5.74, 6) is -0.904. The van der Waals surface area contributed by atoms with Gasteiger partial charge in [-0.2, -0.15) is 4.98 Å². The zero-order valence-corrected chi connectivity index (χ0v) is 18.1. The number of nitrogens with one attached hydrogen (secondary N) is 1. The van der Waals surface area contributed by atoms with Crippen LogP contribution in [0.1, 0.15) is 5.97 Å². The number of aromatic nitrogens is 4. The molecular weight excluding hydrogens is 458 g/mol. The fourth-order valence-electron chi connectivity index (χ4n) is 2.17. The lowest BCUT2D eigenvalue weighted by atomic mass is 10.5. The fourth-order valence-corrected chi connectivity index (χ4v) is 5.89. The number of nitrogen functional groups attached to an aromatic ring is 1. The van der Waals surface area contributed by atoms with Gasteiger partial charge in [-0.3, -0.25) is 18.9 Å². The summed E-state index contributed by atoms with van der Waals surface area (Å²) in [4.78, 5) is 31.9. The molecule has 18 heteroatoms. The number of phosphoric ester groups is 1. The van der Waals surface area contributed by atoms with Gasteiger partial charge in [0.15, 0.2) is 39.1 Å². The lowest BCUT2D eigenvalue weighted by Gasteiger charge is -2.24. The Hall–Kier alpha value is -0.900. The summed E-state index contributed by atoms with van der Waals surface area (Å²) in [6, 6.07) is 0. The molecule has 1 fully saturated rings. The molecule has 154 valence electrons. The van der Waals surface area contributed by atoms with Crippen molar-refractivity contribution in [2.24, 2.45) is 0 Å². The molecule has 2 aromatic rings. The molecule has 1 aliphatic rings. The van der Waals surface area contributed by atoms with Crippen LogP contribution in [0.15, 0.2) is 11.1 Å². The zero-order chi connectivity index (χ0) is 20.5. The molecule has 0 aromatic carbocycles.